The molecule has 1 aromatic carbocycles. The third kappa shape index (κ3) is 2.47. The van der Waals surface area contributed by atoms with Gasteiger partial charge in [0.1, 0.15) is 0 Å². The Morgan fingerprint density at radius 1 is 1.24 bits per heavy atom. The Balaban J connectivity index is 2.16. The zero-order chi connectivity index (χ0) is 12.4. The number of anilines is 1. The van der Waals surface area contributed by atoms with Crippen LogP contribution in [0.5, 0.6) is 0 Å². The van der Waals surface area contributed by atoms with Gasteiger partial charge in [0.05, 0.1) is 0 Å². The molecule has 0 aliphatic carbocycles. The minimum absolute atomic E-state index is 0.358. The van der Waals surface area contributed by atoms with Gasteiger partial charge in [-0.2, -0.15) is 0 Å². The molecule has 17 heavy (non-hydrogen) atoms. The van der Waals surface area contributed by atoms with Crippen molar-refractivity contribution in [3.63, 3.8) is 0 Å². The predicted octanol–water partition coefficient (Wildman–Crippen LogP) is 2.81. The van der Waals surface area contributed by atoms with E-state index in [0.717, 1.165) is 19.4 Å². The van der Waals surface area contributed by atoms with Gasteiger partial charge in [0.2, 0.25) is 0 Å². The Bertz CT molecular complexity index is 358. The first-order valence-corrected chi connectivity index (χ1v) is 6.74. The van der Waals surface area contributed by atoms with Crippen molar-refractivity contribution in [3.05, 3.63) is 29.8 Å². The highest BCUT2D eigenvalue weighted by atomic mass is 15.2. The van der Waals surface area contributed by atoms with Gasteiger partial charge in [-0.1, -0.05) is 26.0 Å². The zero-order valence-electron chi connectivity index (χ0n) is 11.2. The van der Waals surface area contributed by atoms with Crippen molar-refractivity contribution < 1.29 is 0 Å². The molecule has 2 nitrogen and oxygen atoms in total. The summed E-state index contributed by atoms with van der Waals surface area (Å²) >= 11 is 0. The van der Waals surface area contributed by atoms with Crippen molar-refractivity contribution >= 4 is 5.69 Å². The first kappa shape index (κ1) is 12.4. The number of rotatable bonds is 2. The van der Waals surface area contributed by atoms with Gasteiger partial charge in [0, 0.05) is 24.3 Å². The molecule has 94 valence electrons. The summed E-state index contributed by atoms with van der Waals surface area (Å²) < 4.78 is 0. The van der Waals surface area contributed by atoms with Gasteiger partial charge in [-0.15, -0.1) is 0 Å². The first-order chi connectivity index (χ1) is 8.13. The average molecular weight is 232 g/mol. The third-order valence-electron chi connectivity index (χ3n) is 4.31. The van der Waals surface area contributed by atoms with Crippen LogP contribution >= 0.6 is 0 Å². The van der Waals surface area contributed by atoms with E-state index in [1.807, 2.05) is 0 Å². The fraction of sp³-hybridized carbons (Fsp3) is 0.600. The van der Waals surface area contributed by atoms with E-state index in [2.05, 4.69) is 49.9 Å². The molecule has 1 aliphatic heterocycles. The number of aryl methyl sites for hydroxylation is 1. The second-order valence-corrected chi connectivity index (χ2v) is 5.27. The summed E-state index contributed by atoms with van der Waals surface area (Å²) in [6, 6.07) is 9.86. The Labute approximate surface area is 105 Å². The van der Waals surface area contributed by atoms with E-state index in [-0.39, 0.29) is 0 Å². The van der Waals surface area contributed by atoms with Crippen LogP contribution in [0.4, 0.5) is 5.69 Å². The monoisotopic (exact) mass is 232 g/mol. The summed E-state index contributed by atoms with van der Waals surface area (Å²) in [5, 5.41) is 0. The molecule has 1 aromatic rings. The van der Waals surface area contributed by atoms with Crippen LogP contribution in [0.3, 0.4) is 0 Å². The van der Waals surface area contributed by atoms with Crippen LogP contribution in [-0.4, -0.2) is 18.6 Å². The van der Waals surface area contributed by atoms with Crippen LogP contribution in [0.1, 0.15) is 32.8 Å². The molecule has 1 aliphatic rings. The lowest BCUT2D eigenvalue weighted by Crippen LogP contribution is -2.51. The van der Waals surface area contributed by atoms with Crippen molar-refractivity contribution in [1.29, 1.82) is 0 Å². The van der Waals surface area contributed by atoms with Crippen molar-refractivity contribution in [1.82, 2.24) is 0 Å². The van der Waals surface area contributed by atoms with Gasteiger partial charge in [-0.05, 0) is 43.4 Å². The van der Waals surface area contributed by atoms with Gasteiger partial charge in [0.15, 0.2) is 0 Å². The standard InChI is InChI=1S/C15H24N2/c1-4-13-5-7-14(8-6-13)17-10-9-15(16)11(2)12(17)3/h5-8,11-12,15H,4,9-10,16H2,1-3H3. The normalized spacial score (nSPS) is 29.4. The Kier molecular flexibility index (Phi) is 3.72. The number of nitrogens with zero attached hydrogens (tertiary/aromatic N) is 1. The van der Waals surface area contributed by atoms with Gasteiger partial charge in [0.25, 0.3) is 0 Å². The molecule has 0 bridgehead atoms. The van der Waals surface area contributed by atoms with Crippen molar-refractivity contribution in [3.8, 4) is 0 Å². The largest absolute Gasteiger partial charge is 0.368 e. The molecule has 2 rings (SSSR count). The molecule has 0 saturated carbocycles. The number of benzene rings is 1. The number of hydrogen-bond donors (Lipinski definition) is 1. The first-order valence-electron chi connectivity index (χ1n) is 6.74. The van der Waals surface area contributed by atoms with Crippen LogP contribution in [0.25, 0.3) is 0 Å². The molecule has 0 amide bonds. The van der Waals surface area contributed by atoms with E-state index in [9.17, 15) is 0 Å². The summed E-state index contributed by atoms with van der Waals surface area (Å²) in [5.74, 6) is 0.564. The molecule has 0 aromatic heterocycles. The number of piperidine rings is 1. The van der Waals surface area contributed by atoms with Crippen LogP contribution in [-0.2, 0) is 6.42 Å². The van der Waals surface area contributed by atoms with Crippen LogP contribution in [0, 0.1) is 5.92 Å². The van der Waals surface area contributed by atoms with Gasteiger partial charge in [-0.3, -0.25) is 0 Å². The molecular weight excluding hydrogens is 208 g/mol. The van der Waals surface area contributed by atoms with Crippen LogP contribution in [0.15, 0.2) is 24.3 Å². The Morgan fingerprint density at radius 3 is 2.47 bits per heavy atom. The van der Waals surface area contributed by atoms with E-state index < -0.39 is 0 Å². The van der Waals surface area contributed by atoms with Crippen molar-refractivity contribution in [2.45, 2.75) is 45.7 Å². The van der Waals surface area contributed by atoms with E-state index in [0.29, 0.717) is 18.0 Å². The minimum atomic E-state index is 0.358. The summed E-state index contributed by atoms with van der Waals surface area (Å²) in [4.78, 5) is 2.49. The predicted molar refractivity (Wildman–Crippen MR) is 74.4 cm³/mol. The van der Waals surface area contributed by atoms with Gasteiger partial charge in [-0.25, -0.2) is 0 Å². The van der Waals surface area contributed by atoms with E-state index in [1.165, 1.54) is 11.3 Å². The van der Waals surface area contributed by atoms with Crippen molar-refractivity contribution in [2.75, 3.05) is 11.4 Å². The second kappa shape index (κ2) is 5.09. The highest BCUT2D eigenvalue weighted by Gasteiger charge is 2.30. The topological polar surface area (TPSA) is 29.3 Å². The molecule has 0 spiro atoms. The third-order valence-corrected chi connectivity index (χ3v) is 4.31. The number of nitrogens with two attached hydrogens (primary N) is 1. The fourth-order valence-corrected chi connectivity index (χ4v) is 2.68. The molecule has 1 fully saturated rings. The van der Waals surface area contributed by atoms with Crippen molar-refractivity contribution in [2.24, 2.45) is 11.7 Å². The summed E-state index contributed by atoms with van der Waals surface area (Å²) in [6.07, 6.45) is 2.21. The molecule has 0 radical (unpaired) electrons. The fourth-order valence-electron chi connectivity index (χ4n) is 2.68. The highest BCUT2D eigenvalue weighted by Crippen LogP contribution is 2.28. The van der Waals surface area contributed by atoms with Gasteiger partial charge >= 0.3 is 0 Å². The lowest BCUT2D eigenvalue weighted by Gasteiger charge is -2.42. The lowest BCUT2D eigenvalue weighted by molar-refractivity contribution is 0.315. The average Bonchev–Trinajstić information content (AvgIpc) is 2.36. The molecule has 2 N–H and O–H groups in total. The SMILES string of the molecule is CCc1ccc(N2CCC(N)C(C)C2C)cc1. The molecule has 2 heteroatoms. The maximum Gasteiger partial charge on any atom is 0.0368 e. The zero-order valence-corrected chi connectivity index (χ0v) is 11.2. The Hall–Kier alpha value is -1.02. The number of hydrogen-bond acceptors (Lipinski definition) is 2. The quantitative estimate of drug-likeness (QED) is 0.849. The second-order valence-electron chi connectivity index (χ2n) is 5.27. The smallest absolute Gasteiger partial charge is 0.0368 e. The summed E-state index contributed by atoms with van der Waals surface area (Å²) in [7, 11) is 0. The van der Waals surface area contributed by atoms with E-state index in [4.69, 9.17) is 5.73 Å². The summed E-state index contributed by atoms with van der Waals surface area (Å²) in [6.45, 7) is 7.83. The van der Waals surface area contributed by atoms with Gasteiger partial charge < -0.3 is 10.6 Å². The summed E-state index contributed by atoms with van der Waals surface area (Å²) in [5.41, 5.74) is 8.87. The molecule has 3 unspecified atom stereocenters. The van der Waals surface area contributed by atoms with E-state index in [1.54, 1.807) is 0 Å². The molecule has 3 atom stereocenters. The maximum atomic E-state index is 6.13. The van der Waals surface area contributed by atoms with E-state index >= 15 is 0 Å². The highest BCUT2D eigenvalue weighted by molar-refractivity contribution is 5.49. The lowest BCUT2D eigenvalue weighted by atomic mass is 9.87. The minimum Gasteiger partial charge on any atom is -0.368 e. The molecule has 1 heterocycles. The molecule has 1 saturated heterocycles. The molecular formula is C15H24N2. The van der Waals surface area contributed by atoms with Crippen LogP contribution in [0.2, 0.25) is 0 Å². The Morgan fingerprint density at radius 2 is 1.88 bits per heavy atom. The van der Waals surface area contributed by atoms with Crippen LogP contribution < -0.4 is 10.6 Å². The maximum absolute atomic E-state index is 6.13.